The van der Waals surface area contributed by atoms with E-state index in [2.05, 4.69) is 26.6 Å². The Hall–Kier alpha value is -4.89. The molecule has 6 amide bonds. The number of nitrogens with one attached hydrogen (secondary N) is 6. The molecule has 6 unspecified atom stereocenters. The zero-order valence-electron chi connectivity index (χ0n) is 27.6. The number of aliphatic hydroxyl groups excluding tert-OH is 2. The number of aliphatic hydroxyl groups is 2. The summed E-state index contributed by atoms with van der Waals surface area (Å²) >= 11 is 0. The van der Waals surface area contributed by atoms with Crippen LogP contribution in [0.25, 0.3) is 0 Å². The Kier molecular flexibility index (Phi) is 19.7. The van der Waals surface area contributed by atoms with E-state index in [0.717, 1.165) is 0 Å². The summed E-state index contributed by atoms with van der Waals surface area (Å²) in [6.45, 7) is 4.07. The molecule has 0 saturated heterocycles. The molecule has 21 heteroatoms. The molecule has 0 radical (unpaired) electrons. The second kappa shape index (κ2) is 21.9. The van der Waals surface area contributed by atoms with Gasteiger partial charge in [0.25, 0.3) is 0 Å². The first-order valence-electron chi connectivity index (χ1n) is 15.2. The van der Waals surface area contributed by atoms with Crippen LogP contribution < -0.4 is 37.6 Å². The molecular weight excluding hydrogens is 658 g/mol. The largest absolute Gasteiger partial charge is 0.481 e. The third kappa shape index (κ3) is 17.2. The molecule has 0 aromatic heterocycles. The van der Waals surface area contributed by atoms with Crippen LogP contribution in [0, 0.1) is 11.8 Å². The lowest BCUT2D eigenvalue weighted by atomic mass is 10.0. The Bertz CT molecular complexity index is 1210. The fraction of sp³-hybridized carbons (Fsp3) is 0.679. The van der Waals surface area contributed by atoms with Crippen molar-refractivity contribution in [2.24, 2.45) is 17.6 Å². The van der Waals surface area contributed by atoms with E-state index in [9.17, 15) is 58.5 Å². The summed E-state index contributed by atoms with van der Waals surface area (Å²) in [6.07, 6.45) is -2.31. The number of carbonyl (C=O) groups is 9. The normalized spacial score (nSPS) is 14.6. The van der Waals surface area contributed by atoms with Gasteiger partial charge < -0.3 is 63.2 Å². The van der Waals surface area contributed by atoms with Crippen molar-refractivity contribution in [3.8, 4) is 0 Å². The van der Waals surface area contributed by atoms with E-state index >= 15 is 0 Å². The Morgan fingerprint density at radius 3 is 1.59 bits per heavy atom. The molecule has 0 bridgehead atoms. The first-order chi connectivity index (χ1) is 22.7. The highest BCUT2D eigenvalue weighted by atomic mass is 16.4. The summed E-state index contributed by atoms with van der Waals surface area (Å²) in [5.74, 6) is -11.5. The molecule has 13 N–H and O–H groups in total. The summed E-state index contributed by atoms with van der Waals surface area (Å²) < 4.78 is 0. The number of rotatable bonds is 23. The van der Waals surface area contributed by atoms with E-state index in [0.29, 0.717) is 0 Å². The zero-order valence-corrected chi connectivity index (χ0v) is 27.6. The quantitative estimate of drug-likeness (QED) is 0.0473. The fourth-order valence-electron chi connectivity index (χ4n) is 4.03. The molecule has 0 spiro atoms. The van der Waals surface area contributed by atoms with Crippen molar-refractivity contribution in [3.63, 3.8) is 0 Å². The molecule has 49 heavy (non-hydrogen) atoms. The van der Waals surface area contributed by atoms with Crippen molar-refractivity contribution in [2.45, 2.75) is 89.6 Å². The van der Waals surface area contributed by atoms with Gasteiger partial charge in [0.15, 0.2) is 0 Å². The summed E-state index contributed by atoms with van der Waals surface area (Å²) in [4.78, 5) is 111. The highest BCUT2D eigenvalue weighted by Gasteiger charge is 2.34. The Morgan fingerprint density at radius 2 is 1.12 bits per heavy atom. The molecule has 0 saturated carbocycles. The SMILES string of the molecule is CC(C)CC(NC(=O)C(CC(=O)O)NC(=O)C(CCC(=O)O)NC(=O)C(NC(=O)CNC(=O)C(N)CO)C(C)C)C(=O)NC(CO)C(=O)O. The van der Waals surface area contributed by atoms with E-state index in [1.165, 1.54) is 13.8 Å². The third-order valence-corrected chi connectivity index (χ3v) is 6.65. The number of carbonyl (C=O) groups excluding carboxylic acids is 6. The Morgan fingerprint density at radius 1 is 0.612 bits per heavy atom. The topological polar surface area (TPSA) is 353 Å². The second-order valence-electron chi connectivity index (χ2n) is 11.7. The average molecular weight is 706 g/mol. The molecule has 6 atom stereocenters. The van der Waals surface area contributed by atoms with E-state index < -0.39 is 135 Å². The molecule has 21 nitrogen and oxygen atoms in total. The molecule has 0 aliphatic rings. The van der Waals surface area contributed by atoms with Crippen molar-refractivity contribution >= 4 is 53.4 Å². The summed E-state index contributed by atoms with van der Waals surface area (Å²) in [5, 5.41) is 59.1. The average Bonchev–Trinajstić information content (AvgIpc) is 3.00. The number of hydrogen-bond donors (Lipinski definition) is 12. The van der Waals surface area contributed by atoms with Gasteiger partial charge in [0.05, 0.1) is 26.2 Å². The van der Waals surface area contributed by atoms with Gasteiger partial charge in [-0.3, -0.25) is 38.4 Å². The highest BCUT2D eigenvalue weighted by Crippen LogP contribution is 2.09. The molecule has 0 rings (SSSR count). The maximum absolute atomic E-state index is 13.3. The van der Waals surface area contributed by atoms with Crippen LogP contribution in [0.1, 0.15) is 53.4 Å². The van der Waals surface area contributed by atoms with Gasteiger partial charge in [-0.05, 0) is 24.7 Å². The first kappa shape index (κ1) is 44.1. The number of aliphatic carboxylic acids is 3. The summed E-state index contributed by atoms with van der Waals surface area (Å²) in [5.41, 5.74) is 5.36. The van der Waals surface area contributed by atoms with Gasteiger partial charge in [-0.25, -0.2) is 4.79 Å². The smallest absolute Gasteiger partial charge is 0.328 e. The first-order valence-corrected chi connectivity index (χ1v) is 15.2. The van der Waals surface area contributed by atoms with Crippen molar-refractivity contribution in [3.05, 3.63) is 0 Å². The molecule has 278 valence electrons. The molecule has 0 aliphatic carbocycles. The number of nitrogens with two attached hydrogens (primary N) is 1. The van der Waals surface area contributed by atoms with Crippen molar-refractivity contribution in [1.82, 2.24) is 31.9 Å². The van der Waals surface area contributed by atoms with Gasteiger partial charge in [0, 0.05) is 6.42 Å². The summed E-state index contributed by atoms with van der Waals surface area (Å²) in [6, 6.07) is -9.33. The van der Waals surface area contributed by atoms with E-state index in [1.54, 1.807) is 13.8 Å². The van der Waals surface area contributed by atoms with E-state index in [-0.39, 0.29) is 12.3 Å². The van der Waals surface area contributed by atoms with Gasteiger partial charge in [0.2, 0.25) is 35.4 Å². The predicted octanol–water partition coefficient (Wildman–Crippen LogP) is -5.04. The predicted molar refractivity (Wildman–Crippen MR) is 166 cm³/mol. The van der Waals surface area contributed by atoms with Crippen LogP contribution in [0.5, 0.6) is 0 Å². The Labute approximate surface area is 281 Å². The van der Waals surface area contributed by atoms with E-state index in [4.69, 9.17) is 15.9 Å². The van der Waals surface area contributed by atoms with Crippen LogP contribution in [0.4, 0.5) is 0 Å². The van der Waals surface area contributed by atoms with Gasteiger partial charge in [-0.15, -0.1) is 0 Å². The minimum Gasteiger partial charge on any atom is -0.481 e. The van der Waals surface area contributed by atoms with Crippen LogP contribution >= 0.6 is 0 Å². The minimum atomic E-state index is -1.88. The lowest BCUT2D eigenvalue weighted by Gasteiger charge is -2.27. The molecule has 0 aromatic carbocycles. The van der Waals surface area contributed by atoms with Crippen LogP contribution in [0.15, 0.2) is 0 Å². The van der Waals surface area contributed by atoms with Crippen LogP contribution in [0.3, 0.4) is 0 Å². The van der Waals surface area contributed by atoms with Gasteiger partial charge in [-0.1, -0.05) is 27.7 Å². The van der Waals surface area contributed by atoms with Crippen molar-refractivity contribution in [2.75, 3.05) is 19.8 Å². The number of carboxylic acids is 3. The minimum absolute atomic E-state index is 0.0688. The summed E-state index contributed by atoms with van der Waals surface area (Å²) in [7, 11) is 0. The van der Waals surface area contributed by atoms with Crippen LogP contribution in [-0.2, 0) is 43.2 Å². The van der Waals surface area contributed by atoms with Gasteiger partial charge in [-0.2, -0.15) is 0 Å². The van der Waals surface area contributed by atoms with Crippen molar-refractivity contribution in [1.29, 1.82) is 0 Å². The number of carboxylic acid groups (broad SMARTS) is 3. The van der Waals surface area contributed by atoms with Crippen LogP contribution in [-0.4, -0.2) is 135 Å². The number of amides is 6. The maximum Gasteiger partial charge on any atom is 0.328 e. The lowest BCUT2D eigenvalue weighted by molar-refractivity contribution is -0.144. The lowest BCUT2D eigenvalue weighted by Crippen LogP contribution is -2.60. The zero-order chi connectivity index (χ0) is 38.0. The fourth-order valence-corrected chi connectivity index (χ4v) is 4.03. The number of hydrogen-bond acceptors (Lipinski definition) is 12. The van der Waals surface area contributed by atoms with Crippen molar-refractivity contribution < 1.29 is 68.7 Å². The second-order valence-corrected chi connectivity index (χ2v) is 11.7. The maximum atomic E-state index is 13.3. The van der Waals surface area contributed by atoms with Crippen LogP contribution in [0.2, 0.25) is 0 Å². The monoisotopic (exact) mass is 705 g/mol. The van der Waals surface area contributed by atoms with Gasteiger partial charge in [0.1, 0.15) is 36.3 Å². The molecule has 0 heterocycles. The molecule has 0 fully saturated rings. The third-order valence-electron chi connectivity index (χ3n) is 6.65. The highest BCUT2D eigenvalue weighted by molar-refractivity contribution is 5.97. The van der Waals surface area contributed by atoms with Gasteiger partial charge >= 0.3 is 17.9 Å². The standard InChI is InChI=1S/C28H47N7O14/c1-12(2)7-16(25(45)34-18(11-37)28(48)49)32-26(46)17(8-21(41)42)33-24(44)15(5-6-20(39)40)31-27(47)22(13(3)4)35-19(38)9-30-23(43)14(29)10-36/h12-18,22,36-37H,5-11,29H2,1-4H3,(H,30,43)(H,31,47)(H,32,46)(H,33,44)(H,34,45)(H,35,38)(H,39,40)(H,41,42)(H,48,49). The Balaban J connectivity index is 6.05. The molecule has 0 aromatic rings. The molecular formula is C28H47N7O14. The molecule has 0 aliphatic heterocycles. The van der Waals surface area contributed by atoms with E-state index in [1.807, 2.05) is 5.32 Å².